The molecule has 24 heavy (non-hydrogen) atoms. The van der Waals surface area contributed by atoms with E-state index in [4.69, 9.17) is 4.74 Å². The number of nitrogens with one attached hydrogen (secondary N) is 1. The summed E-state index contributed by atoms with van der Waals surface area (Å²) in [5.41, 5.74) is 2.83. The largest absolute Gasteiger partial charge is 0.486 e. The zero-order valence-corrected chi connectivity index (χ0v) is 13.5. The average molecular weight is 321 g/mol. The van der Waals surface area contributed by atoms with Crippen molar-refractivity contribution in [3.63, 3.8) is 0 Å². The van der Waals surface area contributed by atoms with Gasteiger partial charge in [-0.3, -0.25) is 9.59 Å². The second-order valence-electron chi connectivity index (χ2n) is 5.80. The Hall–Kier alpha value is -2.88. The van der Waals surface area contributed by atoms with Crippen molar-refractivity contribution in [2.24, 2.45) is 0 Å². The van der Waals surface area contributed by atoms with Crippen LogP contribution in [0.15, 0.2) is 54.7 Å². The molecule has 1 heterocycles. The highest BCUT2D eigenvalue weighted by atomic mass is 16.5. The number of aryl methyl sites for hydroxylation is 1. The minimum absolute atomic E-state index is 0.0208. The van der Waals surface area contributed by atoms with Crippen LogP contribution in [0.3, 0.4) is 0 Å². The van der Waals surface area contributed by atoms with Gasteiger partial charge in [-0.05, 0) is 37.1 Å². The minimum atomic E-state index is -0.0499. The fourth-order valence-corrected chi connectivity index (χ4v) is 2.68. The van der Waals surface area contributed by atoms with E-state index in [1.807, 2.05) is 24.4 Å². The first-order chi connectivity index (χ1) is 11.6. The first-order valence-corrected chi connectivity index (χ1v) is 7.94. The van der Waals surface area contributed by atoms with Crippen molar-refractivity contribution in [2.45, 2.75) is 19.8 Å². The molecule has 0 aliphatic rings. The molecule has 0 saturated carbocycles. The molecule has 0 aliphatic heterocycles. The van der Waals surface area contributed by atoms with Crippen molar-refractivity contribution < 1.29 is 14.3 Å². The number of Topliss-reactive ketones (excluding diaryl/α,β-unsaturated/α-hetero) is 2. The van der Waals surface area contributed by atoms with E-state index in [1.165, 1.54) is 6.92 Å². The molecular formula is C20H19NO3. The molecule has 0 atom stereocenters. The molecule has 3 aromatic rings. The fraction of sp³-hybridized carbons (Fsp3) is 0.200. The summed E-state index contributed by atoms with van der Waals surface area (Å²) in [5.74, 6) is 0.558. The second-order valence-corrected chi connectivity index (χ2v) is 5.80. The SMILES string of the molecule is CC(=O)COc1cccc(C(=O)CCc2c[nH]c3ccccc23)c1. The van der Waals surface area contributed by atoms with Gasteiger partial charge in [0.25, 0.3) is 0 Å². The molecular weight excluding hydrogens is 302 g/mol. The molecule has 0 fully saturated rings. The zero-order valence-electron chi connectivity index (χ0n) is 13.5. The van der Waals surface area contributed by atoms with E-state index in [2.05, 4.69) is 11.1 Å². The number of aromatic amines is 1. The maximum Gasteiger partial charge on any atom is 0.167 e. The van der Waals surface area contributed by atoms with Gasteiger partial charge in [-0.2, -0.15) is 0 Å². The van der Waals surface area contributed by atoms with Gasteiger partial charge in [-0.15, -0.1) is 0 Å². The Morgan fingerprint density at radius 2 is 1.92 bits per heavy atom. The van der Waals surface area contributed by atoms with Crippen molar-refractivity contribution in [2.75, 3.05) is 6.61 Å². The number of ketones is 2. The van der Waals surface area contributed by atoms with Crippen LogP contribution in [0.1, 0.15) is 29.3 Å². The molecule has 0 spiro atoms. The monoisotopic (exact) mass is 321 g/mol. The van der Waals surface area contributed by atoms with Crippen LogP contribution in [-0.2, 0) is 11.2 Å². The number of hydrogen-bond acceptors (Lipinski definition) is 3. The van der Waals surface area contributed by atoms with Crippen molar-refractivity contribution in [1.29, 1.82) is 0 Å². The van der Waals surface area contributed by atoms with E-state index < -0.39 is 0 Å². The molecule has 1 aromatic heterocycles. The standard InChI is InChI=1S/C20H19NO3/c1-14(22)13-24-17-6-4-5-15(11-17)20(23)10-9-16-12-21-19-8-3-2-7-18(16)19/h2-8,11-12,21H,9-10,13H2,1H3. The van der Waals surface area contributed by atoms with E-state index in [-0.39, 0.29) is 18.2 Å². The molecule has 0 bridgehead atoms. The third-order valence-corrected chi connectivity index (χ3v) is 3.89. The first-order valence-electron chi connectivity index (χ1n) is 7.94. The van der Waals surface area contributed by atoms with Crippen LogP contribution >= 0.6 is 0 Å². The van der Waals surface area contributed by atoms with Gasteiger partial charge < -0.3 is 9.72 Å². The molecule has 0 amide bonds. The van der Waals surface area contributed by atoms with Crippen molar-refractivity contribution in [3.8, 4) is 5.75 Å². The average Bonchev–Trinajstić information content (AvgIpc) is 3.01. The molecule has 4 heteroatoms. The summed E-state index contributed by atoms with van der Waals surface area (Å²) < 4.78 is 5.36. The molecule has 3 rings (SSSR count). The number of carbonyl (C=O) groups is 2. The first kappa shape index (κ1) is 16.0. The maximum atomic E-state index is 12.4. The Balaban J connectivity index is 1.66. The van der Waals surface area contributed by atoms with Crippen molar-refractivity contribution in [3.05, 3.63) is 65.9 Å². The van der Waals surface area contributed by atoms with Gasteiger partial charge in [0.2, 0.25) is 0 Å². The van der Waals surface area contributed by atoms with Gasteiger partial charge in [-0.1, -0.05) is 30.3 Å². The molecule has 0 aliphatic carbocycles. The summed E-state index contributed by atoms with van der Waals surface area (Å²) in [4.78, 5) is 26.6. The fourth-order valence-electron chi connectivity index (χ4n) is 2.68. The van der Waals surface area contributed by atoms with Crippen LogP contribution in [0.25, 0.3) is 10.9 Å². The van der Waals surface area contributed by atoms with Gasteiger partial charge in [0, 0.05) is 29.1 Å². The number of fused-ring (bicyclic) bond motifs is 1. The molecule has 0 saturated heterocycles. The third kappa shape index (κ3) is 3.71. The van der Waals surface area contributed by atoms with Gasteiger partial charge in [0.1, 0.15) is 12.4 Å². The Kier molecular flexibility index (Phi) is 4.75. The van der Waals surface area contributed by atoms with E-state index in [9.17, 15) is 9.59 Å². The molecule has 0 unspecified atom stereocenters. The lowest BCUT2D eigenvalue weighted by atomic mass is 10.0. The number of H-pyrrole nitrogens is 1. The number of carbonyl (C=O) groups excluding carboxylic acids is 2. The molecule has 122 valence electrons. The van der Waals surface area contributed by atoms with E-state index >= 15 is 0 Å². The van der Waals surface area contributed by atoms with Crippen LogP contribution in [0.4, 0.5) is 0 Å². The number of hydrogen-bond donors (Lipinski definition) is 1. The van der Waals surface area contributed by atoms with E-state index in [1.54, 1.807) is 24.3 Å². The summed E-state index contributed by atoms with van der Waals surface area (Å²) in [6.45, 7) is 1.49. The summed E-state index contributed by atoms with van der Waals surface area (Å²) in [7, 11) is 0. The lowest BCUT2D eigenvalue weighted by Gasteiger charge is -2.06. The van der Waals surface area contributed by atoms with E-state index in [0.29, 0.717) is 24.2 Å². The molecule has 4 nitrogen and oxygen atoms in total. The Bertz CT molecular complexity index is 879. The van der Waals surface area contributed by atoms with Crippen molar-refractivity contribution in [1.82, 2.24) is 4.98 Å². The van der Waals surface area contributed by atoms with Gasteiger partial charge >= 0.3 is 0 Å². The number of ether oxygens (including phenoxy) is 1. The van der Waals surface area contributed by atoms with Crippen LogP contribution < -0.4 is 4.74 Å². The lowest BCUT2D eigenvalue weighted by Crippen LogP contribution is -2.07. The highest BCUT2D eigenvalue weighted by molar-refractivity contribution is 5.97. The summed E-state index contributed by atoms with van der Waals surface area (Å²) in [6.07, 6.45) is 3.07. The topological polar surface area (TPSA) is 59.2 Å². The second kappa shape index (κ2) is 7.13. The van der Waals surface area contributed by atoms with Crippen LogP contribution in [0.2, 0.25) is 0 Å². The number of benzene rings is 2. The summed E-state index contributed by atoms with van der Waals surface area (Å²) in [6, 6.07) is 15.1. The lowest BCUT2D eigenvalue weighted by molar-refractivity contribution is -0.118. The highest BCUT2D eigenvalue weighted by Crippen LogP contribution is 2.20. The predicted octanol–water partition coefficient (Wildman–Crippen LogP) is 3.95. The Morgan fingerprint density at radius 1 is 1.08 bits per heavy atom. The number of aromatic nitrogens is 1. The van der Waals surface area contributed by atoms with Crippen LogP contribution in [0, 0.1) is 0 Å². The number of rotatable bonds is 7. The normalized spacial score (nSPS) is 10.7. The molecule has 0 radical (unpaired) electrons. The van der Waals surface area contributed by atoms with Crippen LogP contribution in [-0.4, -0.2) is 23.2 Å². The van der Waals surface area contributed by atoms with Gasteiger partial charge in [-0.25, -0.2) is 0 Å². The maximum absolute atomic E-state index is 12.4. The number of para-hydroxylation sites is 1. The van der Waals surface area contributed by atoms with E-state index in [0.717, 1.165) is 16.5 Å². The zero-order chi connectivity index (χ0) is 16.9. The van der Waals surface area contributed by atoms with Gasteiger partial charge in [0.05, 0.1) is 0 Å². The minimum Gasteiger partial charge on any atom is -0.486 e. The Morgan fingerprint density at radius 3 is 2.75 bits per heavy atom. The predicted molar refractivity (Wildman–Crippen MR) is 93.6 cm³/mol. The van der Waals surface area contributed by atoms with Gasteiger partial charge in [0.15, 0.2) is 11.6 Å². The highest BCUT2D eigenvalue weighted by Gasteiger charge is 2.10. The molecule has 2 aromatic carbocycles. The smallest absolute Gasteiger partial charge is 0.167 e. The summed E-state index contributed by atoms with van der Waals surface area (Å²) >= 11 is 0. The summed E-state index contributed by atoms with van der Waals surface area (Å²) in [5, 5.41) is 1.16. The third-order valence-electron chi connectivity index (χ3n) is 3.89. The van der Waals surface area contributed by atoms with Crippen molar-refractivity contribution >= 4 is 22.5 Å². The Labute approximate surface area is 140 Å². The van der Waals surface area contributed by atoms with Crippen LogP contribution in [0.5, 0.6) is 5.75 Å². The quantitative estimate of drug-likeness (QED) is 0.670. The molecule has 1 N–H and O–H groups in total.